The summed E-state index contributed by atoms with van der Waals surface area (Å²) in [5.41, 5.74) is 2.11. The lowest BCUT2D eigenvalue weighted by Gasteiger charge is -2.26. The van der Waals surface area contributed by atoms with Crippen LogP contribution in [0.1, 0.15) is 22.8 Å². The molecule has 2 aliphatic heterocycles. The highest BCUT2D eigenvalue weighted by Crippen LogP contribution is 2.34. The predicted octanol–water partition coefficient (Wildman–Crippen LogP) is 3.79. The number of ether oxygens (including phenoxy) is 2. The fourth-order valence-electron chi connectivity index (χ4n) is 3.52. The Labute approximate surface area is 191 Å². The molecule has 2 amide bonds. The number of rotatable bonds is 5. The van der Waals surface area contributed by atoms with E-state index in [1.807, 2.05) is 49.4 Å². The number of hydrogen-bond acceptors (Lipinski definition) is 6. The van der Waals surface area contributed by atoms with Crippen LogP contribution in [-0.2, 0) is 9.53 Å². The fourth-order valence-corrected chi connectivity index (χ4v) is 4.58. The Morgan fingerprint density at radius 2 is 1.97 bits per heavy atom. The third-order valence-electron chi connectivity index (χ3n) is 5.21. The lowest BCUT2D eigenvalue weighted by Crippen LogP contribution is -2.40. The number of amides is 2. The smallest absolute Gasteiger partial charge is 0.266 e. The molecule has 2 aliphatic rings. The summed E-state index contributed by atoms with van der Waals surface area (Å²) in [5, 5.41) is 0.600. The second-order valence-electron chi connectivity index (χ2n) is 7.29. The van der Waals surface area contributed by atoms with E-state index in [1.54, 1.807) is 29.0 Å². The minimum absolute atomic E-state index is 0.0311. The summed E-state index contributed by atoms with van der Waals surface area (Å²) in [6.45, 7) is 4.71. The normalized spacial score (nSPS) is 19.1. The average Bonchev–Trinajstić information content (AvgIpc) is 3.12. The Kier molecular flexibility index (Phi) is 6.92. The molecule has 2 aromatic rings. The van der Waals surface area contributed by atoms with Gasteiger partial charge in [-0.3, -0.25) is 14.5 Å². The Balaban J connectivity index is 1.58. The highest BCUT2D eigenvalue weighted by molar-refractivity contribution is 8.18. The van der Waals surface area contributed by atoms with Gasteiger partial charge in [0, 0.05) is 25.2 Å². The molecular formula is C24H25N3O4S. The molecule has 0 bridgehead atoms. The molecule has 0 aliphatic carbocycles. The molecule has 2 fully saturated rings. The Hall–Kier alpha value is -3.10. The standard InChI is InChI=1S/C24H25N3O4S/c1-3-27-23(29)21(15-17-6-4-9-20(14-17)30-2)32-24(27)25-19-8-5-7-18(16-19)22(28)26-10-12-31-13-11-26/h4-9,14-16H,3,10-13H2,1-2H3/b21-15+,25-24?. The van der Waals surface area contributed by atoms with Crippen molar-refractivity contribution in [3.63, 3.8) is 0 Å². The molecule has 0 radical (unpaired) electrons. The number of nitrogens with zero attached hydrogens (tertiary/aromatic N) is 3. The van der Waals surface area contributed by atoms with E-state index < -0.39 is 0 Å². The number of thioether (sulfide) groups is 1. The van der Waals surface area contributed by atoms with E-state index in [0.717, 1.165) is 11.3 Å². The molecule has 2 heterocycles. The Morgan fingerprint density at radius 3 is 2.72 bits per heavy atom. The van der Waals surface area contributed by atoms with Crippen LogP contribution in [-0.4, -0.2) is 66.7 Å². The summed E-state index contributed by atoms with van der Waals surface area (Å²) in [5.74, 6) is 0.619. The van der Waals surface area contributed by atoms with Crippen LogP contribution in [0.4, 0.5) is 5.69 Å². The summed E-state index contributed by atoms with van der Waals surface area (Å²) in [7, 11) is 1.61. The summed E-state index contributed by atoms with van der Waals surface area (Å²) < 4.78 is 10.6. The van der Waals surface area contributed by atoms with Gasteiger partial charge >= 0.3 is 0 Å². The molecule has 32 heavy (non-hydrogen) atoms. The van der Waals surface area contributed by atoms with Gasteiger partial charge < -0.3 is 14.4 Å². The summed E-state index contributed by atoms with van der Waals surface area (Å²) in [4.78, 5) is 34.5. The number of benzene rings is 2. The first-order valence-corrected chi connectivity index (χ1v) is 11.3. The number of hydrogen-bond donors (Lipinski definition) is 0. The van der Waals surface area contributed by atoms with Crippen LogP contribution in [0.5, 0.6) is 5.75 Å². The van der Waals surface area contributed by atoms with Crippen LogP contribution in [0.25, 0.3) is 6.08 Å². The number of morpholine rings is 1. The van der Waals surface area contributed by atoms with Crippen molar-refractivity contribution in [2.45, 2.75) is 6.92 Å². The average molecular weight is 452 g/mol. The van der Waals surface area contributed by atoms with Crippen molar-refractivity contribution in [1.82, 2.24) is 9.80 Å². The van der Waals surface area contributed by atoms with Crippen molar-refractivity contribution in [2.24, 2.45) is 4.99 Å². The Morgan fingerprint density at radius 1 is 1.19 bits per heavy atom. The number of amidine groups is 1. The fraction of sp³-hybridized carbons (Fsp3) is 0.292. The number of carbonyl (C=O) groups excluding carboxylic acids is 2. The third kappa shape index (κ3) is 4.87. The van der Waals surface area contributed by atoms with Crippen LogP contribution in [0.2, 0.25) is 0 Å². The van der Waals surface area contributed by atoms with Gasteiger partial charge in [0.05, 0.1) is 30.9 Å². The number of carbonyl (C=O) groups is 2. The lowest BCUT2D eigenvalue weighted by atomic mass is 10.1. The molecule has 0 aromatic heterocycles. The zero-order chi connectivity index (χ0) is 22.5. The molecule has 0 unspecified atom stereocenters. The van der Waals surface area contributed by atoms with Crippen molar-refractivity contribution >= 4 is 40.5 Å². The molecular weight excluding hydrogens is 426 g/mol. The van der Waals surface area contributed by atoms with E-state index in [0.29, 0.717) is 54.2 Å². The van der Waals surface area contributed by atoms with Crippen molar-refractivity contribution < 1.29 is 19.1 Å². The van der Waals surface area contributed by atoms with Crippen molar-refractivity contribution in [3.8, 4) is 5.75 Å². The molecule has 0 saturated carbocycles. The van der Waals surface area contributed by atoms with E-state index in [9.17, 15) is 9.59 Å². The summed E-state index contributed by atoms with van der Waals surface area (Å²) in [6.07, 6.45) is 1.85. The minimum atomic E-state index is -0.0837. The van der Waals surface area contributed by atoms with Gasteiger partial charge in [-0.15, -0.1) is 0 Å². The molecule has 0 N–H and O–H groups in total. The van der Waals surface area contributed by atoms with Gasteiger partial charge in [-0.1, -0.05) is 18.2 Å². The lowest BCUT2D eigenvalue weighted by molar-refractivity contribution is -0.122. The van der Waals surface area contributed by atoms with E-state index in [4.69, 9.17) is 14.5 Å². The van der Waals surface area contributed by atoms with Crippen LogP contribution < -0.4 is 4.74 Å². The van der Waals surface area contributed by atoms with Gasteiger partial charge in [0.2, 0.25) is 0 Å². The van der Waals surface area contributed by atoms with Crippen LogP contribution >= 0.6 is 11.8 Å². The quantitative estimate of drug-likeness (QED) is 0.647. The molecule has 7 nitrogen and oxygen atoms in total. The van der Waals surface area contributed by atoms with Gasteiger partial charge in [-0.05, 0) is 60.7 Å². The third-order valence-corrected chi connectivity index (χ3v) is 6.22. The molecule has 4 rings (SSSR count). The van der Waals surface area contributed by atoms with E-state index >= 15 is 0 Å². The minimum Gasteiger partial charge on any atom is -0.497 e. The van der Waals surface area contributed by atoms with Gasteiger partial charge in [-0.2, -0.15) is 0 Å². The molecule has 8 heteroatoms. The first-order valence-electron chi connectivity index (χ1n) is 10.5. The van der Waals surface area contributed by atoms with Crippen molar-refractivity contribution in [1.29, 1.82) is 0 Å². The zero-order valence-corrected chi connectivity index (χ0v) is 18.9. The number of likely N-dealkylation sites (N-methyl/N-ethyl adjacent to an activating group) is 1. The van der Waals surface area contributed by atoms with Gasteiger partial charge in [0.15, 0.2) is 5.17 Å². The largest absolute Gasteiger partial charge is 0.497 e. The second-order valence-corrected chi connectivity index (χ2v) is 8.30. The maximum Gasteiger partial charge on any atom is 0.266 e. The second kappa shape index (κ2) is 10.0. The molecule has 0 spiro atoms. The maximum absolute atomic E-state index is 12.9. The van der Waals surface area contributed by atoms with E-state index in [2.05, 4.69) is 0 Å². The molecule has 2 saturated heterocycles. The van der Waals surface area contributed by atoms with Gasteiger partial charge in [0.25, 0.3) is 11.8 Å². The molecule has 0 atom stereocenters. The Bertz CT molecular complexity index is 1080. The molecule has 2 aromatic carbocycles. The van der Waals surface area contributed by atoms with E-state index in [1.165, 1.54) is 11.8 Å². The van der Waals surface area contributed by atoms with Crippen LogP contribution in [0, 0.1) is 0 Å². The molecule has 166 valence electrons. The summed E-state index contributed by atoms with van der Waals surface area (Å²) >= 11 is 1.33. The number of methoxy groups -OCH3 is 1. The topological polar surface area (TPSA) is 71.4 Å². The maximum atomic E-state index is 12.9. The highest BCUT2D eigenvalue weighted by atomic mass is 32.2. The van der Waals surface area contributed by atoms with Crippen molar-refractivity contribution in [2.75, 3.05) is 40.0 Å². The number of aliphatic imine (C=N–C) groups is 1. The SMILES string of the molecule is CCN1C(=O)/C(=C\c2cccc(OC)c2)SC1=Nc1cccc(C(=O)N2CCOCC2)c1. The summed E-state index contributed by atoms with van der Waals surface area (Å²) in [6, 6.07) is 14.8. The van der Waals surface area contributed by atoms with Gasteiger partial charge in [0.1, 0.15) is 5.75 Å². The monoisotopic (exact) mass is 451 g/mol. The van der Waals surface area contributed by atoms with Gasteiger partial charge in [-0.25, -0.2) is 4.99 Å². The first-order chi connectivity index (χ1) is 15.6. The van der Waals surface area contributed by atoms with Crippen LogP contribution in [0.3, 0.4) is 0 Å². The predicted molar refractivity (Wildman–Crippen MR) is 126 cm³/mol. The zero-order valence-electron chi connectivity index (χ0n) is 18.1. The highest BCUT2D eigenvalue weighted by Gasteiger charge is 2.32. The van der Waals surface area contributed by atoms with E-state index in [-0.39, 0.29) is 11.8 Å². The van der Waals surface area contributed by atoms with Crippen molar-refractivity contribution in [3.05, 3.63) is 64.6 Å². The first kappa shape index (κ1) is 22.1. The van der Waals surface area contributed by atoms with Crippen LogP contribution in [0.15, 0.2) is 58.4 Å².